The second-order valence-corrected chi connectivity index (χ2v) is 7.95. The Balaban J connectivity index is 1.59. The molecule has 1 N–H and O–H groups in total. The predicted molar refractivity (Wildman–Crippen MR) is 95.9 cm³/mol. The quantitative estimate of drug-likeness (QED) is 0.855. The maximum absolute atomic E-state index is 11.9. The van der Waals surface area contributed by atoms with Gasteiger partial charge >= 0.3 is 0 Å². The molecular formula is C18H29ClN4O. The Morgan fingerprint density at radius 3 is 2.88 bits per heavy atom. The van der Waals surface area contributed by atoms with Crippen LogP contribution in [0.3, 0.4) is 0 Å². The van der Waals surface area contributed by atoms with Crippen LogP contribution in [-0.4, -0.2) is 52.4 Å². The molecule has 5 nitrogen and oxygen atoms in total. The third-order valence-corrected chi connectivity index (χ3v) is 6.08. The van der Waals surface area contributed by atoms with Crippen molar-refractivity contribution in [3.05, 3.63) is 16.7 Å². The second kappa shape index (κ2) is 7.44. The summed E-state index contributed by atoms with van der Waals surface area (Å²) in [6.07, 6.45) is 6.26. The molecule has 1 aromatic rings. The Labute approximate surface area is 149 Å². The Morgan fingerprint density at radius 1 is 1.38 bits per heavy atom. The fourth-order valence-corrected chi connectivity index (χ4v) is 4.44. The van der Waals surface area contributed by atoms with Gasteiger partial charge in [0.1, 0.15) is 5.82 Å². The molecule has 0 unspecified atom stereocenters. The number of hydrogen-bond acceptors (Lipinski definition) is 3. The van der Waals surface area contributed by atoms with Crippen LogP contribution in [0, 0.1) is 11.8 Å². The van der Waals surface area contributed by atoms with Crippen molar-refractivity contribution in [1.29, 1.82) is 0 Å². The summed E-state index contributed by atoms with van der Waals surface area (Å²) >= 11 is 6.31. The Kier molecular flexibility index (Phi) is 5.50. The van der Waals surface area contributed by atoms with E-state index in [4.69, 9.17) is 11.6 Å². The van der Waals surface area contributed by atoms with E-state index in [1.165, 1.54) is 6.42 Å². The van der Waals surface area contributed by atoms with Crippen LogP contribution in [-0.2, 0) is 17.8 Å². The van der Waals surface area contributed by atoms with Gasteiger partial charge in [-0.2, -0.15) is 0 Å². The number of piperidine rings is 1. The van der Waals surface area contributed by atoms with Gasteiger partial charge in [0.05, 0.1) is 5.69 Å². The molecule has 3 rings (SSSR count). The van der Waals surface area contributed by atoms with E-state index in [2.05, 4.69) is 28.8 Å². The summed E-state index contributed by atoms with van der Waals surface area (Å²) in [4.78, 5) is 24.1. The van der Waals surface area contributed by atoms with Crippen molar-refractivity contribution >= 4 is 17.5 Å². The number of rotatable bonds is 6. The summed E-state index contributed by atoms with van der Waals surface area (Å²) in [6.45, 7) is 3.90. The number of hydrogen-bond donors (Lipinski definition) is 1. The monoisotopic (exact) mass is 352 g/mol. The molecule has 0 spiro atoms. The molecule has 0 bridgehead atoms. The number of aromatic nitrogens is 2. The van der Waals surface area contributed by atoms with Crippen LogP contribution in [0.4, 0.5) is 0 Å². The van der Waals surface area contributed by atoms with E-state index >= 15 is 0 Å². The lowest BCUT2D eigenvalue weighted by Crippen LogP contribution is -2.39. The number of imidazole rings is 1. The largest absolute Gasteiger partial charge is 0.345 e. The number of carbonyl (C=O) groups excluding carboxylic acids is 1. The van der Waals surface area contributed by atoms with Crippen LogP contribution in [0.5, 0.6) is 0 Å². The van der Waals surface area contributed by atoms with Crippen molar-refractivity contribution < 1.29 is 4.79 Å². The highest BCUT2D eigenvalue weighted by molar-refractivity contribution is 6.30. The van der Waals surface area contributed by atoms with E-state index in [0.29, 0.717) is 28.9 Å². The summed E-state index contributed by atoms with van der Waals surface area (Å²) in [5.74, 6) is 2.50. The normalized spacial score (nSPS) is 27.1. The van der Waals surface area contributed by atoms with Gasteiger partial charge in [-0.05, 0) is 38.1 Å². The highest BCUT2D eigenvalue weighted by Gasteiger charge is 2.41. The molecule has 6 heteroatoms. The minimum Gasteiger partial charge on any atom is -0.345 e. The molecule has 0 aromatic carbocycles. The van der Waals surface area contributed by atoms with Crippen molar-refractivity contribution in [3.63, 3.8) is 0 Å². The van der Waals surface area contributed by atoms with Crippen LogP contribution >= 0.6 is 11.6 Å². The molecule has 1 aliphatic heterocycles. The van der Waals surface area contributed by atoms with Crippen LogP contribution in [0.1, 0.15) is 50.5 Å². The van der Waals surface area contributed by atoms with Crippen LogP contribution in [0.25, 0.3) is 0 Å². The van der Waals surface area contributed by atoms with E-state index < -0.39 is 0 Å². The minimum atomic E-state index is 0.303. The molecule has 1 saturated carbocycles. The standard InChI is InChI=1S/C18H29ClN4O/c1-4-5-6-16-20-15(18(19)21-16)11-22(2)14-7-12-9-17(24)23(3)10-13(12)8-14/h12-14H,4-11H2,1-3H3,(H,20,21)/t12-,13+,14-/m0/s1. The summed E-state index contributed by atoms with van der Waals surface area (Å²) in [7, 11) is 4.09. The van der Waals surface area contributed by atoms with Crippen molar-refractivity contribution in [2.24, 2.45) is 11.8 Å². The Morgan fingerprint density at radius 2 is 2.12 bits per heavy atom. The Bertz CT molecular complexity index is 588. The first kappa shape index (κ1) is 17.7. The van der Waals surface area contributed by atoms with Gasteiger partial charge in [-0.3, -0.25) is 9.69 Å². The number of nitrogens with zero attached hydrogens (tertiary/aromatic N) is 3. The molecule has 0 radical (unpaired) electrons. The Hall–Kier alpha value is -1.07. The van der Waals surface area contributed by atoms with Crippen molar-refractivity contribution in [2.45, 2.75) is 58.0 Å². The third kappa shape index (κ3) is 3.77. The topological polar surface area (TPSA) is 52.2 Å². The zero-order valence-corrected chi connectivity index (χ0v) is 15.8. The number of H-pyrrole nitrogens is 1. The average Bonchev–Trinajstić information content (AvgIpc) is 3.09. The summed E-state index contributed by atoms with van der Waals surface area (Å²) < 4.78 is 0. The fraction of sp³-hybridized carbons (Fsp3) is 0.778. The van der Waals surface area contributed by atoms with Crippen LogP contribution in [0.15, 0.2) is 0 Å². The molecule has 2 heterocycles. The molecule has 1 amide bonds. The average molecular weight is 353 g/mol. The van der Waals surface area contributed by atoms with E-state index in [1.54, 1.807) is 0 Å². The molecule has 2 fully saturated rings. The summed E-state index contributed by atoms with van der Waals surface area (Å²) in [5.41, 5.74) is 1.02. The van der Waals surface area contributed by atoms with E-state index in [0.717, 1.165) is 56.7 Å². The van der Waals surface area contributed by atoms with Crippen molar-refractivity contribution in [1.82, 2.24) is 19.8 Å². The smallest absolute Gasteiger partial charge is 0.222 e. The lowest BCUT2D eigenvalue weighted by Gasteiger charge is -2.31. The number of carbonyl (C=O) groups is 1. The lowest BCUT2D eigenvalue weighted by atomic mass is 9.88. The SMILES string of the molecule is CCCCc1nc(Cl)c(CN(C)[C@H]2C[C@H]3CC(=O)N(C)C[C@H]3C2)[nH]1. The first-order chi connectivity index (χ1) is 11.5. The van der Waals surface area contributed by atoms with Crippen molar-refractivity contribution in [2.75, 3.05) is 20.6 Å². The number of amides is 1. The fourth-order valence-electron chi connectivity index (χ4n) is 4.23. The maximum Gasteiger partial charge on any atom is 0.222 e. The first-order valence-electron chi connectivity index (χ1n) is 9.15. The first-order valence-corrected chi connectivity index (χ1v) is 9.53. The molecule has 134 valence electrons. The molecule has 1 aromatic heterocycles. The molecule has 3 atom stereocenters. The highest BCUT2D eigenvalue weighted by Crippen LogP contribution is 2.40. The van der Waals surface area contributed by atoms with Gasteiger partial charge in [0.25, 0.3) is 0 Å². The third-order valence-electron chi connectivity index (χ3n) is 5.76. The number of unbranched alkanes of at least 4 members (excludes halogenated alkanes) is 1. The van der Waals surface area contributed by atoms with E-state index in [1.807, 2.05) is 11.9 Å². The second-order valence-electron chi connectivity index (χ2n) is 7.60. The molecular weight excluding hydrogens is 324 g/mol. The number of aryl methyl sites for hydroxylation is 1. The number of aromatic amines is 1. The summed E-state index contributed by atoms with van der Waals surface area (Å²) in [5, 5.41) is 0.610. The minimum absolute atomic E-state index is 0.303. The zero-order chi connectivity index (χ0) is 17.3. The van der Waals surface area contributed by atoms with E-state index in [9.17, 15) is 4.79 Å². The molecule has 1 saturated heterocycles. The molecule has 1 aliphatic carbocycles. The highest BCUT2D eigenvalue weighted by atomic mass is 35.5. The van der Waals surface area contributed by atoms with Gasteiger partial charge in [-0.15, -0.1) is 0 Å². The molecule has 24 heavy (non-hydrogen) atoms. The van der Waals surface area contributed by atoms with Gasteiger partial charge in [0.15, 0.2) is 5.15 Å². The maximum atomic E-state index is 11.9. The summed E-state index contributed by atoms with van der Waals surface area (Å²) in [6, 6.07) is 0.526. The number of nitrogens with one attached hydrogen (secondary N) is 1. The van der Waals surface area contributed by atoms with Crippen LogP contribution < -0.4 is 0 Å². The number of fused-ring (bicyclic) bond motifs is 1. The number of likely N-dealkylation sites (tertiary alicyclic amines) is 1. The van der Waals surface area contributed by atoms with Crippen LogP contribution in [0.2, 0.25) is 5.15 Å². The zero-order valence-electron chi connectivity index (χ0n) is 15.0. The lowest BCUT2D eigenvalue weighted by molar-refractivity contribution is -0.134. The van der Waals surface area contributed by atoms with E-state index in [-0.39, 0.29) is 0 Å². The molecule has 2 aliphatic rings. The van der Waals surface area contributed by atoms with Gasteiger partial charge in [0, 0.05) is 39.0 Å². The van der Waals surface area contributed by atoms with Gasteiger partial charge in [0.2, 0.25) is 5.91 Å². The van der Waals surface area contributed by atoms with Crippen molar-refractivity contribution in [3.8, 4) is 0 Å². The predicted octanol–water partition coefficient (Wildman–Crippen LogP) is 3.09. The van der Waals surface area contributed by atoms with Gasteiger partial charge < -0.3 is 9.88 Å². The van der Waals surface area contributed by atoms with Gasteiger partial charge in [-0.1, -0.05) is 24.9 Å². The van der Waals surface area contributed by atoms with Gasteiger partial charge in [-0.25, -0.2) is 4.98 Å². The number of halogens is 1.